The van der Waals surface area contributed by atoms with E-state index in [0.717, 1.165) is 14.6 Å². The molecule has 0 bridgehead atoms. The molecule has 2 nitrogen and oxygen atoms in total. The largest absolute Gasteiger partial charge is 0.397 e. The predicted molar refractivity (Wildman–Crippen MR) is 80.9 cm³/mol. The first kappa shape index (κ1) is 13.6. The van der Waals surface area contributed by atoms with Crippen LogP contribution in [0.2, 0.25) is 5.02 Å². The van der Waals surface area contributed by atoms with Gasteiger partial charge in [0.2, 0.25) is 0 Å². The molecule has 3 N–H and O–H groups in total. The molecule has 2 aromatic rings. The molecule has 6 heteroatoms. The van der Waals surface area contributed by atoms with Crippen LogP contribution in [0.25, 0.3) is 0 Å². The molecule has 94 valence electrons. The van der Waals surface area contributed by atoms with Crippen molar-refractivity contribution >= 4 is 60.5 Å². The second-order valence-electron chi connectivity index (χ2n) is 3.58. The Morgan fingerprint density at radius 3 is 2.39 bits per heavy atom. The molecule has 0 radical (unpaired) electrons. The summed E-state index contributed by atoms with van der Waals surface area (Å²) < 4.78 is 15.1. The summed E-state index contributed by atoms with van der Waals surface area (Å²) in [6.45, 7) is 0. The molecule has 0 unspecified atom stereocenters. The molecule has 0 amide bonds. The van der Waals surface area contributed by atoms with Crippen molar-refractivity contribution < 1.29 is 4.39 Å². The lowest BCUT2D eigenvalue weighted by Crippen LogP contribution is -1.99. The van der Waals surface area contributed by atoms with Gasteiger partial charge in [-0.15, -0.1) is 0 Å². The monoisotopic (exact) mass is 392 g/mol. The van der Waals surface area contributed by atoms with Gasteiger partial charge in [-0.3, -0.25) is 0 Å². The summed E-state index contributed by atoms with van der Waals surface area (Å²) in [6, 6.07) is 8.27. The highest BCUT2D eigenvalue weighted by Gasteiger charge is 2.10. The van der Waals surface area contributed by atoms with E-state index in [1.165, 1.54) is 12.1 Å². The van der Waals surface area contributed by atoms with Gasteiger partial charge in [0.05, 0.1) is 22.1 Å². The van der Waals surface area contributed by atoms with Crippen LogP contribution in [0.4, 0.5) is 21.5 Å². The van der Waals surface area contributed by atoms with E-state index in [0.29, 0.717) is 11.4 Å². The molecule has 0 aromatic heterocycles. The average molecular weight is 394 g/mol. The van der Waals surface area contributed by atoms with Crippen molar-refractivity contribution in [1.82, 2.24) is 0 Å². The molecule has 0 atom stereocenters. The summed E-state index contributed by atoms with van der Waals surface area (Å²) in [5, 5.41) is 3.06. The van der Waals surface area contributed by atoms with Crippen molar-refractivity contribution in [2.24, 2.45) is 0 Å². The van der Waals surface area contributed by atoms with Crippen LogP contribution in [-0.2, 0) is 0 Å². The number of nitrogens with two attached hydrogens (primary N) is 1. The third-order valence-corrected chi connectivity index (χ3v) is 3.93. The van der Waals surface area contributed by atoms with E-state index in [-0.39, 0.29) is 5.02 Å². The van der Waals surface area contributed by atoms with Crippen LogP contribution in [0, 0.1) is 5.82 Å². The summed E-state index contributed by atoms with van der Waals surface area (Å²) in [6.07, 6.45) is 0. The van der Waals surface area contributed by atoms with Gasteiger partial charge in [-0.1, -0.05) is 17.7 Å². The SMILES string of the molecule is Nc1cc(Cl)c(F)cc1Nc1c(Br)cccc1Br. The summed E-state index contributed by atoms with van der Waals surface area (Å²) >= 11 is 12.5. The van der Waals surface area contributed by atoms with Gasteiger partial charge in [0.25, 0.3) is 0 Å². The Bertz CT molecular complexity index is 585. The number of rotatable bonds is 2. The number of hydrogen-bond acceptors (Lipinski definition) is 2. The highest BCUT2D eigenvalue weighted by molar-refractivity contribution is 9.11. The number of anilines is 3. The van der Waals surface area contributed by atoms with Gasteiger partial charge in [-0.2, -0.15) is 0 Å². The van der Waals surface area contributed by atoms with Crippen molar-refractivity contribution in [1.29, 1.82) is 0 Å². The van der Waals surface area contributed by atoms with Crippen molar-refractivity contribution in [2.75, 3.05) is 11.1 Å². The van der Waals surface area contributed by atoms with Crippen LogP contribution in [0.1, 0.15) is 0 Å². The van der Waals surface area contributed by atoms with E-state index in [1.807, 2.05) is 18.2 Å². The molecule has 2 aromatic carbocycles. The summed E-state index contributed by atoms with van der Waals surface area (Å²) in [4.78, 5) is 0. The van der Waals surface area contributed by atoms with Gasteiger partial charge in [0.1, 0.15) is 5.82 Å². The molecular weight excluding hydrogens is 386 g/mol. The number of para-hydroxylation sites is 1. The zero-order chi connectivity index (χ0) is 13.3. The van der Waals surface area contributed by atoms with E-state index in [9.17, 15) is 4.39 Å². The van der Waals surface area contributed by atoms with Gasteiger partial charge in [0.15, 0.2) is 0 Å². The first-order valence-corrected chi connectivity index (χ1v) is 6.91. The van der Waals surface area contributed by atoms with E-state index in [2.05, 4.69) is 37.2 Å². The van der Waals surface area contributed by atoms with E-state index in [4.69, 9.17) is 17.3 Å². The van der Waals surface area contributed by atoms with Crippen molar-refractivity contribution in [2.45, 2.75) is 0 Å². The van der Waals surface area contributed by atoms with Gasteiger partial charge >= 0.3 is 0 Å². The maximum Gasteiger partial charge on any atom is 0.144 e. The summed E-state index contributed by atoms with van der Waals surface area (Å²) in [5.74, 6) is -0.517. The quantitative estimate of drug-likeness (QED) is 0.676. The summed E-state index contributed by atoms with van der Waals surface area (Å²) in [5.41, 5.74) is 7.40. The molecule has 0 heterocycles. The Hall–Kier alpha value is -0.780. The smallest absolute Gasteiger partial charge is 0.144 e. The maximum absolute atomic E-state index is 13.4. The number of halogens is 4. The fourth-order valence-corrected chi connectivity index (χ4v) is 2.79. The standard InChI is InChI=1S/C12H8Br2ClFN2/c13-6-2-1-3-7(14)12(6)18-11-5-9(16)8(15)4-10(11)17/h1-5,18H,17H2. The molecule has 0 aliphatic heterocycles. The number of nitrogen functional groups attached to an aromatic ring is 1. The van der Waals surface area contributed by atoms with Gasteiger partial charge < -0.3 is 11.1 Å². The van der Waals surface area contributed by atoms with Crippen LogP contribution < -0.4 is 11.1 Å². The molecule has 0 spiro atoms. The minimum Gasteiger partial charge on any atom is -0.397 e. The van der Waals surface area contributed by atoms with Gasteiger partial charge in [-0.05, 0) is 50.1 Å². The molecule has 0 aliphatic carbocycles. The Morgan fingerprint density at radius 2 is 1.78 bits per heavy atom. The van der Waals surface area contributed by atoms with E-state index in [1.54, 1.807) is 0 Å². The molecule has 18 heavy (non-hydrogen) atoms. The first-order valence-electron chi connectivity index (χ1n) is 4.94. The second-order valence-corrected chi connectivity index (χ2v) is 5.69. The molecule has 2 rings (SSSR count). The topological polar surface area (TPSA) is 38.0 Å². The van der Waals surface area contributed by atoms with Crippen LogP contribution in [0.5, 0.6) is 0 Å². The lowest BCUT2D eigenvalue weighted by Gasteiger charge is -2.13. The Labute approximate surface area is 126 Å². The van der Waals surface area contributed by atoms with Gasteiger partial charge in [-0.25, -0.2) is 4.39 Å². The van der Waals surface area contributed by atoms with Crippen LogP contribution in [0.15, 0.2) is 39.3 Å². The van der Waals surface area contributed by atoms with Crippen molar-refractivity contribution in [3.8, 4) is 0 Å². The van der Waals surface area contributed by atoms with Crippen molar-refractivity contribution in [3.63, 3.8) is 0 Å². The number of hydrogen-bond donors (Lipinski definition) is 2. The van der Waals surface area contributed by atoms with Crippen LogP contribution in [-0.4, -0.2) is 0 Å². The Morgan fingerprint density at radius 1 is 1.17 bits per heavy atom. The molecule has 0 saturated carbocycles. The number of benzene rings is 2. The third-order valence-electron chi connectivity index (χ3n) is 2.31. The highest BCUT2D eigenvalue weighted by atomic mass is 79.9. The summed E-state index contributed by atoms with van der Waals surface area (Å²) in [7, 11) is 0. The highest BCUT2D eigenvalue weighted by Crippen LogP contribution is 2.36. The normalized spacial score (nSPS) is 10.4. The minimum atomic E-state index is -0.517. The second kappa shape index (κ2) is 5.47. The Kier molecular flexibility index (Phi) is 4.14. The lowest BCUT2D eigenvalue weighted by molar-refractivity contribution is 0.629. The zero-order valence-electron chi connectivity index (χ0n) is 8.98. The molecule has 0 aliphatic rings. The third kappa shape index (κ3) is 2.79. The Balaban J connectivity index is 2.43. The molecule has 0 saturated heterocycles. The first-order chi connectivity index (χ1) is 8.49. The van der Waals surface area contributed by atoms with Crippen LogP contribution in [0.3, 0.4) is 0 Å². The van der Waals surface area contributed by atoms with Gasteiger partial charge in [0, 0.05) is 15.0 Å². The molecular formula is C12H8Br2ClFN2. The fourth-order valence-electron chi connectivity index (χ4n) is 1.42. The zero-order valence-corrected chi connectivity index (χ0v) is 12.9. The van der Waals surface area contributed by atoms with Crippen LogP contribution >= 0.6 is 43.5 Å². The predicted octanol–water partition coefficient (Wildman–Crippen LogP) is 5.33. The van der Waals surface area contributed by atoms with Crippen molar-refractivity contribution in [3.05, 3.63) is 50.1 Å². The lowest BCUT2D eigenvalue weighted by atomic mass is 10.2. The minimum absolute atomic E-state index is 0.00393. The number of nitrogens with one attached hydrogen (secondary N) is 1. The van der Waals surface area contributed by atoms with E-state index >= 15 is 0 Å². The fraction of sp³-hybridized carbons (Fsp3) is 0. The van der Waals surface area contributed by atoms with E-state index < -0.39 is 5.82 Å². The average Bonchev–Trinajstić information content (AvgIpc) is 2.30. The molecule has 0 fully saturated rings. The maximum atomic E-state index is 13.4.